The molecule has 94 valence electrons. The number of hydrogen-bond donors (Lipinski definition) is 2. The van der Waals surface area contributed by atoms with Crippen LogP contribution in [-0.4, -0.2) is 54.3 Å². The molecule has 1 fully saturated rings. The van der Waals surface area contributed by atoms with Gasteiger partial charge in [0.1, 0.15) is 5.25 Å². The molecule has 1 atom stereocenters. The van der Waals surface area contributed by atoms with E-state index >= 15 is 0 Å². The summed E-state index contributed by atoms with van der Waals surface area (Å²) in [5, 5.41) is 4.78. The van der Waals surface area contributed by atoms with Gasteiger partial charge < -0.3 is 10.5 Å². The number of thioether (sulfide) groups is 1. The zero-order valence-corrected chi connectivity index (χ0v) is 9.40. The van der Waals surface area contributed by atoms with Gasteiger partial charge in [-0.15, -0.1) is 0 Å². The van der Waals surface area contributed by atoms with Gasteiger partial charge >= 0.3 is 6.18 Å². The normalized spacial score (nSPS) is 20.7. The van der Waals surface area contributed by atoms with Crippen molar-refractivity contribution in [1.29, 1.82) is 5.41 Å². The lowest BCUT2D eigenvalue weighted by Crippen LogP contribution is -2.45. The number of nitrogens with zero attached hydrogens (tertiary/aromatic N) is 1. The second-order valence-electron chi connectivity index (χ2n) is 3.43. The Kier molecular flexibility index (Phi) is 4.88. The molecule has 0 saturated carbocycles. The molecule has 0 amide bonds. The Hall–Kier alpha value is -0.470. The van der Waals surface area contributed by atoms with E-state index in [1.165, 1.54) is 0 Å². The summed E-state index contributed by atoms with van der Waals surface area (Å²) in [6.07, 6.45) is -4.34. The molecule has 0 aromatic rings. The van der Waals surface area contributed by atoms with Crippen LogP contribution in [0.4, 0.5) is 13.2 Å². The summed E-state index contributed by atoms with van der Waals surface area (Å²) in [5.41, 5.74) is 5.00. The lowest BCUT2D eigenvalue weighted by Gasteiger charge is -2.30. The van der Waals surface area contributed by atoms with Crippen LogP contribution in [0, 0.1) is 5.41 Å². The molecular formula is C8H14F3N3OS. The number of nitrogens with two attached hydrogens (primary N) is 1. The summed E-state index contributed by atoms with van der Waals surface area (Å²) in [7, 11) is 0. The molecule has 0 aliphatic carbocycles. The first-order valence-corrected chi connectivity index (χ1v) is 5.65. The summed E-state index contributed by atoms with van der Waals surface area (Å²) < 4.78 is 42.9. The molecular weight excluding hydrogens is 243 g/mol. The number of morpholine rings is 1. The molecule has 1 aliphatic heterocycles. The van der Waals surface area contributed by atoms with Gasteiger partial charge in [0.15, 0.2) is 5.17 Å². The van der Waals surface area contributed by atoms with Crippen LogP contribution < -0.4 is 5.73 Å². The maximum Gasteiger partial charge on any atom is 0.402 e. The fraction of sp³-hybridized carbons (Fsp3) is 0.875. The molecule has 1 rings (SSSR count). The Morgan fingerprint density at radius 1 is 1.44 bits per heavy atom. The Balaban J connectivity index is 2.51. The van der Waals surface area contributed by atoms with Gasteiger partial charge in [-0.05, 0) is 0 Å². The molecule has 0 spiro atoms. The highest BCUT2D eigenvalue weighted by Crippen LogP contribution is 2.30. The van der Waals surface area contributed by atoms with Gasteiger partial charge in [-0.2, -0.15) is 13.2 Å². The van der Waals surface area contributed by atoms with Gasteiger partial charge in [-0.1, -0.05) is 11.8 Å². The summed E-state index contributed by atoms with van der Waals surface area (Å²) in [4.78, 5) is 1.68. The van der Waals surface area contributed by atoms with Crippen LogP contribution in [0.1, 0.15) is 0 Å². The fourth-order valence-corrected chi connectivity index (χ4v) is 2.10. The van der Waals surface area contributed by atoms with Crippen molar-refractivity contribution in [1.82, 2.24) is 4.90 Å². The predicted molar refractivity (Wildman–Crippen MR) is 56.6 cm³/mol. The average molecular weight is 257 g/mol. The van der Waals surface area contributed by atoms with Crippen molar-refractivity contribution in [3.8, 4) is 0 Å². The summed E-state index contributed by atoms with van der Waals surface area (Å²) in [6, 6.07) is 0. The largest absolute Gasteiger partial charge is 0.402 e. The van der Waals surface area contributed by atoms with E-state index in [1.807, 2.05) is 0 Å². The van der Waals surface area contributed by atoms with Crippen molar-refractivity contribution in [3.63, 3.8) is 0 Å². The maximum absolute atomic E-state index is 12.6. The molecule has 1 saturated heterocycles. The van der Waals surface area contributed by atoms with E-state index in [4.69, 9.17) is 15.9 Å². The van der Waals surface area contributed by atoms with Gasteiger partial charge in [0.25, 0.3) is 0 Å². The molecule has 0 radical (unpaired) electrons. The van der Waals surface area contributed by atoms with E-state index in [-0.39, 0.29) is 6.54 Å². The SMILES string of the molecule is N=C(N)SC(CN1CCOCC1)C(F)(F)F. The number of amidine groups is 1. The van der Waals surface area contributed by atoms with Crippen LogP contribution in [-0.2, 0) is 4.74 Å². The van der Waals surface area contributed by atoms with Crippen LogP contribution in [0.3, 0.4) is 0 Å². The van der Waals surface area contributed by atoms with Crippen LogP contribution in [0.25, 0.3) is 0 Å². The lowest BCUT2D eigenvalue weighted by atomic mass is 10.3. The van der Waals surface area contributed by atoms with Gasteiger partial charge in [-0.3, -0.25) is 10.3 Å². The first kappa shape index (κ1) is 13.6. The zero-order valence-electron chi connectivity index (χ0n) is 8.59. The Labute approximate surface area is 95.8 Å². The highest BCUT2D eigenvalue weighted by molar-refractivity contribution is 8.14. The second kappa shape index (κ2) is 5.74. The average Bonchev–Trinajstić information content (AvgIpc) is 2.16. The minimum Gasteiger partial charge on any atom is -0.379 e. The molecule has 0 bridgehead atoms. The van der Waals surface area contributed by atoms with Crippen molar-refractivity contribution in [2.75, 3.05) is 32.8 Å². The molecule has 8 heteroatoms. The van der Waals surface area contributed by atoms with E-state index in [0.29, 0.717) is 38.1 Å². The number of ether oxygens (including phenoxy) is 1. The van der Waals surface area contributed by atoms with Crippen molar-refractivity contribution >= 4 is 16.9 Å². The third-order valence-corrected chi connectivity index (χ3v) is 3.12. The Morgan fingerprint density at radius 2 is 2.00 bits per heavy atom. The van der Waals surface area contributed by atoms with Crippen molar-refractivity contribution in [2.45, 2.75) is 11.4 Å². The van der Waals surface area contributed by atoms with Crippen LogP contribution in [0.5, 0.6) is 0 Å². The first-order chi connectivity index (χ1) is 7.39. The van der Waals surface area contributed by atoms with Crippen molar-refractivity contribution in [2.24, 2.45) is 5.73 Å². The van der Waals surface area contributed by atoms with Crippen LogP contribution >= 0.6 is 11.8 Å². The molecule has 0 aromatic heterocycles. The van der Waals surface area contributed by atoms with Gasteiger partial charge in [0.2, 0.25) is 0 Å². The molecule has 3 N–H and O–H groups in total. The van der Waals surface area contributed by atoms with E-state index < -0.39 is 16.6 Å². The third-order valence-electron chi connectivity index (χ3n) is 2.16. The topological polar surface area (TPSA) is 62.3 Å². The molecule has 4 nitrogen and oxygen atoms in total. The smallest absolute Gasteiger partial charge is 0.379 e. The zero-order chi connectivity index (χ0) is 12.2. The van der Waals surface area contributed by atoms with E-state index in [9.17, 15) is 13.2 Å². The van der Waals surface area contributed by atoms with E-state index in [1.54, 1.807) is 4.90 Å². The number of hydrogen-bond acceptors (Lipinski definition) is 4. The van der Waals surface area contributed by atoms with E-state index in [2.05, 4.69) is 0 Å². The van der Waals surface area contributed by atoms with Gasteiger partial charge in [-0.25, -0.2) is 0 Å². The monoisotopic (exact) mass is 257 g/mol. The third kappa shape index (κ3) is 4.58. The summed E-state index contributed by atoms with van der Waals surface area (Å²) in [6.45, 7) is 1.75. The number of alkyl halides is 3. The molecule has 1 heterocycles. The number of nitrogens with one attached hydrogen (secondary N) is 1. The minimum atomic E-state index is -4.34. The van der Waals surface area contributed by atoms with Crippen LogP contribution in [0.2, 0.25) is 0 Å². The first-order valence-electron chi connectivity index (χ1n) is 4.77. The van der Waals surface area contributed by atoms with Gasteiger partial charge in [0.05, 0.1) is 13.2 Å². The Bertz CT molecular complexity index is 243. The molecule has 1 aliphatic rings. The minimum absolute atomic E-state index is 0.142. The maximum atomic E-state index is 12.6. The summed E-state index contributed by atoms with van der Waals surface area (Å²) >= 11 is 0.354. The van der Waals surface area contributed by atoms with Gasteiger partial charge in [0, 0.05) is 19.6 Å². The molecule has 16 heavy (non-hydrogen) atoms. The fourth-order valence-electron chi connectivity index (χ4n) is 1.38. The van der Waals surface area contributed by atoms with E-state index in [0.717, 1.165) is 0 Å². The molecule has 1 unspecified atom stereocenters. The van der Waals surface area contributed by atoms with Crippen molar-refractivity contribution in [3.05, 3.63) is 0 Å². The quantitative estimate of drug-likeness (QED) is 0.582. The number of halogens is 3. The lowest BCUT2D eigenvalue weighted by molar-refractivity contribution is -0.133. The summed E-state index contributed by atoms with van der Waals surface area (Å²) in [5.74, 6) is 0. The van der Waals surface area contributed by atoms with Crippen molar-refractivity contribution < 1.29 is 17.9 Å². The standard InChI is InChI=1S/C8H14F3N3OS/c9-8(10,11)6(16-7(12)13)5-14-1-3-15-4-2-14/h6H,1-5H2,(H3,12,13). The second-order valence-corrected chi connectivity index (χ2v) is 4.67. The van der Waals surface area contributed by atoms with Crippen LogP contribution in [0.15, 0.2) is 0 Å². The number of rotatable bonds is 3. The highest BCUT2D eigenvalue weighted by atomic mass is 32.2. The predicted octanol–water partition coefficient (Wildman–Crippen LogP) is 0.876. The molecule has 0 aromatic carbocycles. The Morgan fingerprint density at radius 3 is 2.44 bits per heavy atom. The highest BCUT2D eigenvalue weighted by Gasteiger charge is 2.41.